The number of thiazole rings is 1. The third kappa shape index (κ3) is 7.95. The molecule has 1 aromatic carbocycles. The highest BCUT2D eigenvalue weighted by molar-refractivity contribution is 7.13. The van der Waals surface area contributed by atoms with Gasteiger partial charge in [-0.15, -0.1) is 11.3 Å². The second-order valence-corrected chi connectivity index (χ2v) is 7.72. The predicted molar refractivity (Wildman–Crippen MR) is 114 cm³/mol. The number of anilines is 2. The lowest BCUT2D eigenvalue weighted by atomic mass is 10.2. The largest absolute Gasteiger partial charge is 0.491 e. The Labute approximate surface area is 178 Å². The summed E-state index contributed by atoms with van der Waals surface area (Å²) in [7, 11) is 0. The van der Waals surface area contributed by atoms with E-state index < -0.39 is 24.6 Å². The van der Waals surface area contributed by atoms with Gasteiger partial charge in [-0.3, -0.25) is 10.1 Å². The van der Waals surface area contributed by atoms with Crippen molar-refractivity contribution in [2.24, 2.45) is 5.92 Å². The number of rotatable bonds is 9. The van der Waals surface area contributed by atoms with Gasteiger partial charge in [-0.1, -0.05) is 19.9 Å². The van der Waals surface area contributed by atoms with Crippen LogP contribution in [0.25, 0.3) is 0 Å². The minimum atomic E-state index is -1.14. The summed E-state index contributed by atoms with van der Waals surface area (Å²) in [5.41, 5.74) is 2.09. The van der Waals surface area contributed by atoms with Crippen LogP contribution >= 0.6 is 11.3 Å². The molecule has 0 unspecified atom stereocenters. The number of urea groups is 2. The van der Waals surface area contributed by atoms with Crippen molar-refractivity contribution in [3.8, 4) is 5.75 Å². The summed E-state index contributed by atoms with van der Waals surface area (Å²) in [6.45, 7) is 6.18. The number of carbonyl (C=O) groups is 3. The van der Waals surface area contributed by atoms with Crippen LogP contribution in [0.3, 0.4) is 0 Å². The van der Waals surface area contributed by atoms with E-state index in [0.29, 0.717) is 34.8 Å². The fraction of sp³-hybridized carbons (Fsp3) is 0.368. The van der Waals surface area contributed by atoms with Crippen LogP contribution in [-0.4, -0.2) is 41.3 Å². The molecule has 0 atom stereocenters. The standard InChI is InChI=1S/C19H25N5O5S/c1-11(2)9-29-15-6-12(3)4-5-14(15)23-18(28)24-19-22-13(10-30-19)7-20-17(27)21-8-16(25)26/h4-6,10-11H,7-9H2,1-3H3,(H,25,26)(H2,20,21,27)(H2,22,23,24,28). The summed E-state index contributed by atoms with van der Waals surface area (Å²) < 4.78 is 5.79. The second-order valence-electron chi connectivity index (χ2n) is 6.86. The van der Waals surface area contributed by atoms with E-state index in [0.717, 1.165) is 5.56 Å². The summed E-state index contributed by atoms with van der Waals surface area (Å²) in [6.07, 6.45) is 0. The number of ether oxygens (including phenoxy) is 1. The molecule has 30 heavy (non-hydrogen) atoms. The molecule has 0 aliphatic rings. The van der Waals surface area contributed by atoms with Gasteiger partial charge in [0.15, 0.2) is 5.13 Å². The first-order valence-corrected chi connectivity index (χ1v) is 10.1. The Hall–Kier alpha value is -3.34. The van der Waals surface area contributed by atoms with Crippen molar-refractivity contribution in [3.05, 3.63) is 34.8 Å². The number of nitrogens with zero attached hydrogens (tertiary/aromatic N) is 1. The van der Waals surface area contributed by atoms with Crippen LogP contribution in [0.4, 0.5) is 20.4 Å². The number of carboxylic acids is 1. The Kier molecular flexibility index (Phi) is 8.41. The predicted octanol–water partition coefficient (Wildman–Crippen LogP) is 3.01. The first kappa shape index (κ1) is 22.9. The molecular weight excluding hydrogens is 410 g/mol. The fourth-order valence-corrected chi connectivity index (χ4v) is 2.90. The monoisotopic (exact) mass is 435 g/mol. The summed E-state index contributed by atoms with van der Waals surface area (Å²) in [5, 5.41) is 20.6. The maximum Gasteiger partial charge on any atom is 0.325 e. The van der Waals surface area contributed by atoms with E-state index in [1.165, 1.54) is 11.3 Å². The van der Waals surface area contributed by atoms with Gasteiger partial charge in [-0.25, -0.2) is 14.6 Å². The van der Waals surface area contributed by atoms with Gasteiger partial charge in [0.25, 0.3) is 0 Å². The van der Waals surface area contributed by atoms with Crippen molar-refractivity contribution in [2.75, 3.05) is 23.8 Å². The molecule has 0 aliphatic carbocycles. The minimum Gasteiger partial charge on any atom is -0.491 e. The average molecular weight is 436 g/mol. The average Bonchev–Trinajstić information content (AvgIpc) is 3.11. The van der Waals surface area contributed by atoms with Crippen LogP contribution in [0.2, 0.25) is 0 Å². The number of aliphatic carboxylic acids is 1. The first-order valence-electron chi connectivity index (χ1n) is 9.22. The molecule has 2 aromatic rings. The highest BCUT2D eigenvalue weighted by Gasteiger charge is 2.12. The molecule has 0 fully saturated rings. The zero-order valence-electron chi connectivity index (χ0n) is 16.9. The topological polar surface area (TPSA) is 142 Å². The van der Waals surface area contributed by atoms with Gasteiger partial charge in [0.1, 0.15) is 12.3 Å². The van der Waals surface area contributed by atoms with Crippen LogP contribution in [0.5, 0.6) is 5.75 Å². The summed E-state index contributed by atoms with van der Waals surface area (Å²) in [4.78, 5) is 38.4. The van der Waals surface area contributed by atoms with Crippen LogP contribution < -0.4 is 26.0 Å². The maximum atomic E-state index is 12.3. The van der Waals surface area contributed by atoms with E-state index in [9.17, 15) is 14.4 Å². The van der Waals surface area contributed by atoms with Gasteiger partial charge in [-0.05, 0) is 30.5 Å². The molecule has 1 heterocycles. The highest BCUT2D eigenvalue weighted by Crippen LogP contribution is 2.26. The Morgan fingerprint density at radius 1 is 1.17 bits per heavy atom. The second kappa shape index (κ2) is 11.0. The number of carbonyl (C=O) groups excluding carboxylic acids is 2. The third-order valence-corrected chi connectivity index (χ3v) is 4.37. The lowest BCUT2D eigenvalue weighted by Crippen LogP contribution is -2.38. The summed E-state index contributed by atoms with van der Waals surface area (Å²) in [6, 6.07) is 4.42. The van der Waals surface area contributed by atoms with Crippen molar-refractivity contribution in [3.63, 3.8) is 0 Å². The summed E-state index contributed by atoms with van der Waals surface area (Å²) in [5.74, 6) is -0.196. The summed E-state index contributed by atoms with van der Waals surface area (Å²) >= 11 is 1.20. The SMILES string of the molecule is Cc1ccc(NC(=O)Nc2nc(CNC(=O)NCC(=O)O)cs2)c(OCC(C)C)c1. The van der Waals surface area contributed by atoms with Gasteiger partial charge >= 0.3 is 18.0 Å². The molecule has 10 nitrogen and oxygen atoms in total. The van der Waals surface area contributed by atoms with Gasteiger partial charge < -0.3 is 25.8 Å². The van der Waals surface area contributed by atoms with Gasteiger partial charge in [-0.2, -0.15) is 0 Å². The number of hydrogen-bond donors (Lipinski definition) is 5. The Morgan fingerprint density at radius 2 is 1.93 bits per heavy atom. The molecule has 11 heteroatoms. The first-order chi connectivity index (χ1) is 14.2. The zero-order chi connectivity index (χ0) is 22.1. The van der Waals surface area contributed by atoms with Crippen molar-refractivity contribution in [1.29, 1.82) is 0 Å². The van der Waals surface area contributed by atoms with Gasteiger partial charge in [0.05, 0.1) is 24.5 Å². The molecule has 4 amide bonds. The number of benzene rings is 1. The van der Waals surface area contributed by atoms with Gasteiger partial charge in [0, 0.05) is 5.38 Å². The highest BCUT2D eigenvalue weighted by atomic mass is 32.1. The number of nitrogens with one attached hydrogen (secondary N) is 4. The lowest BCUT2D eigenvalue weighted by molar-refractivity contribution is -0.135. The maximum absolute atomic E-state index is 12.3. The number of amides is 4. The molecular formula is C19H25N5O5S. The number of aryl methyl sites for hydroxylation is 1. The molecule has 0 aliphatic heterocycles. The number of aromatic nitrogens is 1. The van der Waals surface area contributed by atoms with Crippen LogP contribution in [0.1, 0.15) is 25.1 Å². The van der Waals surface area contributed by atoms with Crippen molar-refractivity contribution >= 4 is 40.2 Å². The minimum absolute atomic E-state index is 0.0937. The fourth-order valence-electron chi connectivity index (χ4n) is 2.19. The number of hydrogen-bond acceptors (Lipinski definition) is 6. The Bertz CT molecular complexity index is 899. The van der Waals surface area contributed by atoms with Crippen molar-refractivity contribution < 1.29 is 24.2 Å². The Balaban J connectivity index is 1.89. The molecule has 0 saturated heterocycles. The van der Waals surface area contributed by atoms with E-state index >= 15 is 0 Å². The molecule has 0 spiro atoms. The van der Waals surface area contributed by atoms with Crippen LogP contribution in [-0.2, 0) is 11.3 Å². The van der Waals surface area contributed by atoms with Crippen molar-refractivity contribution in [1.82, 2.24) is 15.6 Å². The molecule has 5 N–H and O–H groups in total. The van der Waals surface area contributed by atoms with Crippen LogP contribution in [0.15, 0.2) is 23.6 Å². The molecule has 0 bridgehead atoms. The molecule has 0 radical (unpaired) electrons. The van der Waals surface area contributed by atoms with Crippen molar-refractivity contribution in [2.45, 2.75) is 27.3 Å². The number of carboxylic acid groups (broad SMARTS) is 1. The molecule has 0 saturated carbocycles. The van der Waals surface area contributed by atoms with E-state index in [2.05, 4.69) is 26.3 Å². The third-order valence-electron chi connectivity index (χ3n) is 3.56. The van der Waals surface area contributed by atoms with Gasteiger partial charge in [0.2, 0.25) is 0 Å². The lowest BCUT2D eigenvalue weighted by Gasteiger charge is -2.14. The quantitative estimate of drug-likeness (QED) is 0.410. The zero-order valence-corrected chi connectivity index (χ0v) is 17.8. The van der Waals surface area contributed by atoms with E-state index in [4.69, 9.17) is 9.84 Å². The smallest absolute Gasteiger partial charge is 0.325 e. The molecule has 162 valence electrons. The van der Waals surface area contributed by atoms with E-state index in [1.807, 2.05) is 32.9 Å². The molecule has 1 aromatic heterocycles. The normalized spacial score (nSPS) is 10.4. The van der Waals surface area contributed by atoms with E-state index in [-0.39, 0.29) is 6.54 Å². The van der Waals surface area contributed by atoms with Crippen LogP contribution in [0, 0.1) is 12.8 Å². The van der Waals surface area contributed by atoms with E-state index in [1.54, 1.807) is 11.4 Å². The molecule has 2 rings (SSSR count). The Morgan fingerprint density at radius 3 is 2.63 bits per heavy atom.